The van der Waals surface area contributed by atoms with E-state index in [0.717, 1.165) is 24.3 Å². The molecule has 0 aliphatic rings. The van der Waals surface area contributed by atoms with Gasteiger partial charge in [0.05, 0.1) is 0 Å². The Morgan fingerprint density at radius 1 is 0.923 bits per heavy atom. The van der Waals surface area contributed by atoms with Crippen molar-refractivity contribution in [2.45, 2.75) is 53.4 Å². The van der Waals surface area contributed by atoms with Crippen LogP contribution in [0.2, 0.25) is 0 Å². The Morgan fingerprint density at radius 3 is 1.92 bits per heavy atom. The Morgan fingerprint density at radius 2 is 1.54 bits per heavy atom. The maximum Gasteiger partial charge on any atom is -0.00772 e. The quantitative estimate of drug-likeness (QED) is 0.646. The summed E-state index contributed by atoms with van der Waals surface area (Å²) in [4.78, 5) is 0. The van der Waals surface area contributed by atoms with E-state index < -0.39 is 0 Å². The monoisotopic (exact) mass is 185 g/mol. The highest BCUT2D eigenvalue weighted by molar-refractivity contribution is 4.64. The number of nitrogens with two attached hydrogens (primary N) is 1. The zero-order valence-corrected chi connectivity index (χ0v) is 9.84. The average molecular weight is 185 g/mol. The van der Waals surface area contributed by atoms with E-state index in [1.807, 2.05) is 0 Å². The summed E-state index contributed by atoms with van der Waals surface area (Å²) in [5.41, 5.74) is 5.53. The summed E-state index contributed by atoms with van der Waals surface area (Å²) in [6.45, 7) is 10.1. The molecule has 0 bridgehead atoms. The van der Waals surface area contributed by atoms with E-state index in [-0.39, 0.29) is 0 Å². The lowest BCUT2D eigenvalue weighted by atomic mass is 9.85. The second-order valence-electron chi connectivity index (χ2n) is 4.91. The first-order valence-electron chi connectivity index (χ1n) is 5.78. The smallest absolute Gasteiger partial charge is 0.00772 e. The summed E-state index contributed by atoms with van der Waals surface area (Å²) >= 11 is 0. The van der Waals surface area contributed by atoms with Crippen LogP contribution in [-0.4, -0.2) is 6.54 Å². The molecule has 0 aromatic carbocycles. The van der Waals surface area contributed by atoms with Crippen LogP contribution in [0.5, 0.6) is 0 Å². The first kappa shape index (κ1) is 13.0. The van der Waals surface area contributed by atoms with Gasteiger partial charge in [-0.15, -0.1) is 0 Å². The second-order valence-corrected chi connectivity index (χ2v) is 4.91. The van der Waals surface area contributed by atoms with E-state index in [9.17, 15) is 0 Å². The van der Waals surface area contributed by atoms with Crippen molar-refractivity contribution in [3.63, 3.8) is 0 Å². The Labute approximate surface area is 84.1 Å². The van der Waals surface area contributed by atoms with Crippen molar-refractivity contribution in [2.75, 3.05) is 6.54 Å². The molecular formula is C12H27N. The molecule has 0 amide bonds. The van der Waals surface area contributed by atoms with Gasteiger partial charge in [0.15, 0.2) is 0 Å². The van der Waals surface area contributed by atoms with Gasteiger partial charge in [-0.3, -0.25) is 0 Å². The minimum absolute atomic E-state index is 0.824. The fraction of sp³-hybridized carbons (Fsp3) is 1.00. The minimum atomic E-state index is 0.824. The molecule has 0 aromatic rings. The van der Waals surface area contributed by atoms with Crippen LogP contribution in [0.1, 0.15) is 53.4 Å². The van der Waals surface area contributed by atoms with Crippen molar-refractivity contribution in [3.05, 3.63) is 0 Å². The van der Waals surface area contributed by atoms with Crippen LogP contribution < -0.4 is 5.73 Å². The summed E-state index contributed by atoms with van der Waals surface area (Å²) in [6, 6.07) is 0. The molecule has 13 heavy (non-hydrogen) atoms. The normalized spacial score (nSPS) is 14.1. The molecule has 0 saturated carbocycles. The Bertz CT molecular complexity index is 108. The summed E-state index contributed by atoms with van der Waals surface area (Å²) in [7, 11) is 0. The van der Waals surface area contributed by atoms with Crippen LogP contribution in [-0.2, 0) is 0 Å². The lowest BCUT2D eigenvalue weighted by molar-refractivity contribution is 0.307. The summed E-state index contributed by atoms with van der Waals surface area (Å²) in [5, 5.41) is 0. The van der Waals surface area contributed by atoms with E-state index in [2.05, 4.69) is 27.7 Å². The lowest BCUT2D eigenvalue weighted by Gasteiger charge is -2.21. The van der Waals surface area contributed by atoms with E-state index >= 15 is 0 Å². The van der Waals surface area contributed by atoms with Gasteiger partial charge in [-0.25, -0.2) is 0 Å². The van der Waals surface area contributed by atoms with Crippen molar-refractivity contribution in [3.8, 4) is 0 Å². The molecule has 0 aromatic heterocycles. The Hall–Kier alpha value is -0.0400. The molecule has 0 radical (unpaired) electrons. The summed E-state index contributed by atoms with van der Waals surface area (Å²) in [5.74, 6) is 2.57. The molecule has 80 valence electrons. The van der Waals surface area contributed by atoms with E-state index in [0.29, 0.717) is 0 Å². The van der Waals surface area contributed by atoms with E-state index in [1.54, 1.807) is 0 Å². The lowest BCUT2D eigenvalue weighted by Crippen LogP contribution is -2.12. The molecule has 0 heterocycles. The van der Waals surface area contributed by atoms with Gasteiger partial charge in [-0.2, -0.15) is 0 Å². The van der Waals surface area contributed by atoms with Crippen LogP contribution in [0, 0.1) is 17.8 Å². The molecule has 0 fully saturated rings. The van der Waals surface area contributed by atoms with Crippen LogP contribution >= 0.6 is 0 Å². The van der Waals surface area contributed by atoms with Gasteiger partial charge < -0.3 is 5.73 Å². The molecule has 0 aliphatic heterocycles. The third-order valence-corrected chi connectivity index (χ3v) is 2.84. The van der Waals surface area contributed by atoms with Gasteiger partial charge in [-0.1, -0.05) is 34.1 Å². The van der Waals surface area contributed by atoms with Crippen LogP contribution in [0.15, 0.2) is 0 Å². The zero-order valence-electron chi connectivity index (χ0n) is 9.84. The maximum absolute atomic E-state index is 5.53. The molecule has 2 N–H and O–H groups in total. The van der Waals surface area contributed by atoms with Crippen LogP contribution in [0.4, 0.5) is 0 Å². The van der Waals surface area contributed by atoms with Gasteiger partial charge in [0, 0.05) is 0 Å². The predicted octanol–water partition coefficient (Wildman–Crippen LogP) is 3.43. The topological polar surface area (TPSA) is 26.0 Å². The second kappa shape index (κ2) is 7.37. The number of hydrogen-bond acceptors (Lipinski definition) is 1. The number of hydrogen-bond donors (Lipinski definition) is 1. The SMILES string of the molecule is CC(C)CCC(CCCN)C(C)C. The maximum atomic E-state index is 5.53. The predicted molar refractivity (Wildman–Crippen MR) is 60.7 cm³/mol. The molecule has 0 aliphatic carbocycles. The molecule has 0 spiro atoms. The van der Waals surface area contributed by atoms with Gasteiger partial charge in [0.1, 0.15) is 0 Å². The molecule has 0 saturated heterocycles. The molecular weight excluding hydrogens is 158 g/mol. The largest absolute Gasteiger partial charge is 0.330 e. The zero-order chi connectivity index (χ0) is 10.3. The van der Waals surface area contributed by atoms with Gasteiger partial charge >= 0.3 is 0 Å². The highest BCUT2D eigenvalue weighted by Crippen LogP contribution is 2.24. The van der Waals surface area contributed by atoms with Gasteiger partial charge in [0.25, 0.3) is 0 Å². The third kappa shape index (κ3) is 7.06. The van der Waals surface area contributed by atoms with Gasteiger partial charge in [-0.05, 0) is 43.6 Å². The fourth-order valence-electron chi connectivity index (χ4n) is 1.74. The average Bonchev–Trinajstić information content (AvgIpc) is 2.03. The first-order valence-corrected chi connectivity index (χ1v) is 5.78. The fourth-order valence-corrected chi connectivity index (χ4v) is 1.74. The first-order chi connectivity index (χ1) is 6.07. The van der Waals surface area contributed by atoms with Crippen molar-refractivity contribution in [1.29, 1.82) is 0 Å². The summed E-state index contributed by atoms with van der Waals surface area (Å²) < 4.78 is 0. The van der Waals surface area contributed by atoms with E-state index in [4.69, 9.17) is 5.73 Å². The minimum Gasteiger partial charge on any atom is -0.330 e. The highest BCUT2D eigenvalue weighted by atomic mass is 14.5. The number of rotatable bonds is 7. The summed E-state index contributed by atoms with van der Waals surface area (Å²) in [6.07, 6.45) is 5.27. The van der Waals surface area contributed by atoms with Crippen molar-refractivity contribution >= 4 is 0 Å². The molecule has 1 nitrogen and oxygen atoms in total. The Balaban J connectivity index is 3.67. The Kier molecular flexibility index (Phi) is 7.35. The van der Waals surface area contributed by atoms with E-state index in [1.165, 1.54) is 25.7 Å². The van der Waals surface area contributed by atoms with Crippen molar-refractivity contribution in [1.82, 2.24) is 0 Å². The molecule has 1 unspecified atom stereocenters. The van der Waals surface area contributed by atoms with Crippen LogP contribution in [0.25, 0.3) is 0 Å². The molecule has 0 rings (SSSR count). The standard InChI is InChI=1S/C12H27N/c1-10(2)7-8-12(11(3)4)6-5-9-13/h10-12H,5-9,13H2,1-4H3. The van der Waals surface area contributed by atoms with Crippen molar-refractivity contribution in [2.24, 2.45) is 23.5 Å². The van der Waals surface area contributed by atoms with Gasteiger partial charge in [0.2, 0.25) is 0 Å². The molecule has 1 heteroatoms. The highest BCUT2D eigenvalue weighted by Gasteiger charge is 2.12. The molecule has 1 atom stereocenters. The van der Waals surface area contributed by atoms with Crippen LogP contribution in [0.3, 0.4) is 0 Å². The van der Waals surface area contributed by atoms with Crippen molar-refractivity contribution < 1.29 is 0 Å². The third-order valence-electron chi connectivity index (χ3n) is 2.84.